The van der Waals surface area contributed by atoms with Crippen LogP contribution in [0.3, 0.4) is 0 Å². The van der Waals surface area contributed by atoms with E-state index in [2.05, 4.69) is 53.3 Å². The predicted octanol–water partition coefficient (Wildman–Crippen LogP) is 5.09. The molecule has 0 aliphatic rings. The van der Waals surface area contributed by atoms with Crippen LogP contribution in [0.1, 0.15) is 5.56 Å². The topological polar surface area (TPSA) is 66.5 Å². The number of hydrogen-bond acceptors (Lipinski definition) is 4. The fraction of sp³-hybridized carbons (Fsp3) is 0.0952. The van der Waals surface area contributed by atoms with Crippen molar-refractivity contribution in [1.29, 1.82) is 0 Å². The van der Waals surface area contributed by atoms with Crippen LogP contribution in [0, 0.1) is 5.82 Å². The molecule has 2 N–H and O–H groups in total. The predicted molar refractivity (Wildman–Crippen MR) is 111 cm³/mol. The average Bonchev–Trinajstić information content (AvgIpc) is 3.11. The summed E-state index contributed by atoms with van der Waals surface area (Å²) in [6, 6.07) is 18.2. The van der Waals surface area contributed by atoms with Crippen LogP contribution in [0.15, 0.2) is 71.5 Å². The number of H-pyrrole nitrogens is 1. The standard InChI is InChI=1S/C21H17BrFN5/c22-19-18(27-20(28-19)15-6-8-16(23)9-7-15)17-11-13-25-21(26-17)24-12-10-14-4-2-1-3-5-14/h1-9,11,13H,10,12H2,(H,27,28)(H,24,25,26). The first-order valence-electron chi connectivity index (χ1n) is 8.82. The fourth-order valence-electron chi connectivity index (χ4n) is 2.81. The van der Waals surface area contributed by atoms with Gasteiger partial charge < -0.3 is 10.3 Å². The van der Waals surface area contributed by atoms with Gasteiger partial charge in [-0.05, 0) is 58.2 Å². The summed E-state index contributed by atoms with van der Waals surface area (Å²) < 4.78 is 13.9. The highest BCUT2D eigenvalue weighted by Crippen LogP contribution is 2.28. The van der Waals surface area contributed by atoms with Gasteiger partial charge in [0, 0.05) is 18.3 Å². The van der Waals surface area contributed by atoms with E-state index >= 15 is 0 Å². The van der Waals surface area contributed by atoms with E-state index in [1.807, 2.05) is 18.2 Å². The van der Waals surface area contributed by atoms with Crippen LogP contribution >= 0.6 is 15.9 Å². The highest BCUT2D eigenvalue weighted by atomic mass is 79.9. The monoisotopic (exact) mass is 437 g/mol. The van der Waals surface area contributed by atoms with Gasteiger partial charge in [0.2, 0.25) is 5.95 Å². The van der Waals surface area contributed by atoms with Crippen LogP contribution in [0.4, 0.5) is 10.3 Å². The zero-order chi connectivity index (χ0) is 19.3. The van der Waals surface area contributed by atoms with Crippen molar-refractivity contribution in [3.63, 3.8) is 0 Å². The summed E-state index contributed by atoms with van der Waals surface area (Å²) in [5, 5.41) is 3.25. The molecule has 0 saturated carbocycles. The number of anilines is 1. The summed E-state index contributed by atoms with van der Waals surface area (Å²) in [7, 11) is 0. The van der Waals surface area contributed by atoms with E-state index in [1.165, 1.54) is 17.7 Å². The lowest BCUT2D eigenvalue weighted by atomic mass is 10.1. The van der Waals surface area contributed by atoms with Crippen molar-refractivity contribution in [2.75, 3.05) is 11.9 Å². The van der Waals surface area contributed by atoms with Crippen molar-refractivity contribution >= 4 is 21.9 Å². The molecule has 0 atom stereocenters. The minimum absolute atomic E-state index is 0.281. The number of hydrogen-bond donors (Lipinski definition) is 2. The smallest absolute Gasteiger partial charge is 0.223 e. The average molecular weight is 438 g/mol. The summed E-state index contributed by atoms with van der Waals surface area (Å²) in [6.45, 7) is 0.732. The van der Waals surface area contributed by atoms with Crippen LogP contribution in [0.25, 0.3) is 22.8 Å². The van der Waals surface area contributed by atoms with Gasteiger partial charge in [-0.1, -0.05) is 30.3 Å². The number of nitrogens with zero attached hydrogens (tertiary/aromatic N) is 3. The Balaban J connectivity index is 1.50. The summed E-state index contributed by atoms with van der Waals surface area (Å²) >= 11 is 3.50. The largest absolute Gasteiger partial charge is 0.354 e. The van der Waals surface area contributed by atoms with Gasteiger partial charge in [-0.25, -0.2) is 19.3 Å². The van der Waals surface area contributed by atoms with Gasteiger partial charge in [-0.2, -0.15) is 0 Å². The van der Waals surface area contributed by atoms with Crippen molar-refractivity contribution in [3.8, 4) is 22.8 Å². The van der Waals surface area contributed by atoms with Gasteiger partial charge in [0.1, 0.15) is 21.9 Å². The van der Waals surface area contributed by atoms with E-state index in [0.717, 1.165) is 18.5 Å². The Morgan fingerprint density at radius 1 is 0.964 bits per heavy atom. The van der Waals surface area contributed by atoms with Crippen molar-refractivity contribution in [3.05, 3.63) is 82.8 Å². The molecule has 140 valence electrons. The zero-order valence-electron chi connectivity index (χ0n) is 14.9. The van der Waals surface area contributed by atoms with Crippen LogP contribution < -0.4 is 5.32 Å². The molecule has 4 rings (SSSR count). The molecule has 0 saturated heterocycles. The molecule has 2 aromatic heterocycles. The van der Waals surface area contributed by atoms with Crippen molar-refractivity contribution in [2.24, 2.45) is 0 Å². The van der Waals surface area contributed by atoms with Gasteiger partial charge in [0.25, 0.3) is 0 Å². The molecule has 4 aromatic rings. The van der Waals surface area contributed by atoms with E-state index in [1.54, 1.807) is 24.4 Å². The Morgan fingerprint density at radius 3 is 2.54 bits per heavy atom. The maximum Gasteiger partial charge on any atom is 0.223 e. The summed E-state index contributed by atoms with van der Waals surface area (Å²) in [5.41, 5.74) is 3.41. The lowest BCUT2D eigenvalue weighted by Gasteiger charge is -2.06. The van der Waals surface area contributed by atoms with Gasteiger partial charge in [0.05, 0.1) is 5.69 Å². The first-order valence-corrected chi connectivity index (χ1v) is 9.61. The minimum Gasteiger partial charge on any atom is -0.354 e. The molecule has 2 heterocycles. The van der Waals surface area contributed by atoms with Crippen LogP contribution in [-0.2, 0) is 6.42 Å². The lowest BCUT2D eigenvalue weighted by molar-refractivity contribution is 0.628. The molecule has 0 unspecified atom stereocenters. The van der Waals surface area contributed by atoms with E-state index in [-0.39, 0.29) is 5.82 Å². The van der Waals surface area contributed by atoms with Crippen LogP contribution in [0.2, 0.25) is 0 Å². The molecule has 0 aliphatic carbocycles. The number of aromatic amines is 1. The SMILES string of the molecule is Fc1ccc(-c2nc(-c3ccnc(NCCc4ccccc4)n3)c(Br)[nH]2)cc1. The Bertz CT molecular complexity index is 1060. The molecule has 0 fully saturated rings. The van der Waals surface area contributed by atoms with Gasteiger partial charge in [-0.15, -0.1) is 0 Å². The molecule has 0 radical (unpaired) electrons. The highest BCUT2D eigenvalue weighted by Gasteiger charge is 2.13. The van der Waals surface area contributed by atoms with E-state index in [9.17, 15) is 4.39 Å². The number of rotatable bonds is 6. The first-order chi connectivity index (χ1) is 13.7. The quantitative estimate of drug-likeness (QED) is 0.440. The van der Waals surface area contributed by atoms with Gasteiger partial charge in [0.15, 0.2) is 0 Å². The van der Waals surface area contributed by atoms with Crippen LogP contribution in [0.5, 0.6) is 0 Å². The van der Waals surface area contributed by atoms with Crippen LogP contribution in [-0.4, -0.2) is 26.5 Å². The maximum absolute atomic E-state index is 13.1. The molecule has 0 bridgehead atoms. The second kappa shape index (κ2) is 8.31. The first kappa shape index (κ1) is 18.3. The van der Waals surface area contributed by atoms with E-state index in [0.29, 0.717) is 27.8 Å². The molecule has 0 aliphatic heterocycles. The molecule has 2 aromatic carbocycles. The van der Waals surface area contributed by atoms with Gasteiger partial charge >= 0.3 is 0 Å². The number of benzene rings is 2. The Labute approximate surface area is 170 Å². The molecule has 0 amide bonds. The second-order valence-electron chi connectivity index (χ2n) is 6.18. The normalized spacial score (nSPS) is 10.8. The number of nitrogens with one attached hydrogen (secondary N) is 2. The minimum atomic E-state index is -0.281. The lowest BCUT2D eigenvalue weighted by Crippen LogP contribution is -2.08. The van der Waals surface area contributed by atoms with Crippen molar-refractivity contribution < 1.29 is 4.39 Å². The third-order valence-corrected chi connectivity index (χ3v) is 4.79. The molecular weight excluding hydrogens is 421 g/mol. The molecular formula is C21H17BrFN5. The van der Waals surface area contributed by atoms with Crippen molar-refractivity contribution in [2.45, 2.75) is 6.42 Å². The summed E-state index contributed by atoms with van der Waals surface area (Å²) in [6.07, 6.45) is 2.58. The Kier molecular flexibility index (Phi) is 5.43. The van der Waals surface area contributed by atoms with E-state index < -0.39 is 0 Å². The Morgan fingerprint density at radius 2 is 1.75 bits per heavy atom. The van der Waals surface area contributed by atoms with E-state index in [4.69, 9.17) is 0 Å². The third kappa shape index (κ3) is 4.26. The van der Waals surface area contributed by atoms with Crippen molar-refractivity contribution in [1.82, 2.24) is 19.9 Å². The number of aromatic nitrogens is 4. The molecule has 5 nitrogen and oxygen atoms in total. The number of halogens is 2. The summed E-state index contributed by atoms with van der Waals surface area (Å²) in [5.74, 6) is 0.905. The molecule has 7 heteroatoms. The second-order valence-corrected chi connectivity index (χ2v) is 6.98. The fourth-order valence-corrected chi connectivity index (χ4v) is 3.28. The van der Waals surface area contributed by atoms with Gasteiger partial charge in [-0.3, -0.25) is 0 Å². The zero-order valence-corrected chi connectivity index (χ0v) is 16.4. The Hall–Kier alpha value is -3.06. The number of imidazole rings is 1. The summed E-state index contributed by atoms with van der Waals surface area (Å²) in [4.78, 5) is 16.6. The highest BCUT2D eigenvalue weighted by molar-refractivity contribution is 9.10. The molecule has 28 heavy (non-hydrogen) atoms. The maximum atomic E-state index is 13.1. The molecule has 0 spiro atoms. The third-order valence-electron chi connectivity index (χ3n) is 4.22.